The number of thiazole rings is 1. The minimum absolute atomic E-state index is 0.0882. The van der Waals surface area contributed by atoms with Crippen LogP contribution >= 0.6 is 34.6 Å². The number of hydrogen-bond donors (Lipinski definition) is 3. The molecule has 4 N–H and O–H groups in total. The molecule has 2 atom stereocenters. The molecule has 1 saturated heterocycles. The quantitative estimate of drug-likeness (QED) is 0.274. The summed E-state index contributed by atoms with van der Waals surface area (Å²) in [6, 6.07) is -0.916. The SMILES string of the molecule is CO/N=C(\C(=O)NC1C(=O)N2C(C(=O)O)=C(Cc3nsc(C)n3)CS[C@@H]12)c1csc(N)n1. The van der Waals surface area contributed by atoms with Gasteiger partial charge in [0.2, 0.25) is 0 Å². The highest BCUT2D eigenvalue weighted by Crippen LogP contribution is 2.41. The van der Waals surface area contributed by atoms with Gasteiger partial charge in [0, 0.05) is 17.6 Å². The number of carboxylic acid groups (broad SMARTS) is 1. The van der Waals surface area contributed by atoms with Crippen LogP contribution in [0.2, 0.25) is 0 Å². The van der Waals surface area contributed by atoms with Crippen LogP contribution in [0.15, 0.2) is 21.8 Å². The second kappa shape index (κ2) is 8.84. The van der Waals surface area contributed by atoms with E-state index < -0.39 is 29.2 Å². The number of carboxylic acids is 1. The normalized spacial score (nSPS) is 20.6. The number of β-lactam (4-membered cyclic amide) rings is 1. The van der Waals surface area contributed by atoms with Crippen LogP contribution in [0.3, 0.4) is 0 Å². The highest BCUT2D eigenvalue weighted by Gasteiger charge is 2.54. The monoisotopic (exact) mass is 495 g/mol. The number of nitrogens with one attached hydrogen (secondary N) is 1. The first-order chi connectivity index (χ1) is 15.3. The van der Waals surface area contributed by atoms with E-state index in [1.54, 1.807) is 5.38 Å². The van der Waals surface area contributed by atoms with E-state index in [1.807, 2.05) is 6.92 Å². The number of nitrogens with zero attached hydrogens (tertiary/aromatic N) is 5. The summed E-state index contributed by atoms with van der Waals surface area (Å²) >= 11 is 3.72. The van der Waals surface area contributed by atoms with Crippen LogP contribution in [0.25, 0.3) is 0 Å². The molecule has 1 unspecified atom stereocenters. The summed E-state index contributed by atoms with van der Waals surface area (Å²) in [4.78, 5) is 51.8. The topological polar surface area (TPSA) is 173 Å². The van der Waals surface area contributed by atoms with Crippen LogP contribution < -0.4 is 11.1 Å². The standard InChI is InChI=1S/C17H17N7O5S3/c1-6-19-9(23-32-6)3-7-4-30-15-11(14(26)24(15)12(7)16(27)28)21-13(25)10(22-29-2)8-5-31-17(18)20-8/h5,11,15H,3-4H2,1-2H3,(H2,18,20)(H,21,25)(H,27,28)/b22-10-/t11?,15-/m0/s1. The second-order valence-electron chi connectivity index (χ2n) is 6.72. The van der Waals surface area contributed by atoms with Gasteiger partial charge in [0.05, 0.1) is 0 Å². The van der Waals surface area contributed by atoms with Crippen LogP contribution in [-0.2, 0) is 25.6 Å². The molecule has 2 aromatic rings. The van der Waals surface area contributed by atoms with Crippen molar-refractivity contribution in [3.05, 3.63) is 33.2 Å². The molecule has 0 aliphatic carbocycles. The number of fused-ring (bicyclic) bond motifs is 1. The van der Waals surface area contributed by atoms with Gasteiger partial charge in [-0.05, 0) is 24.0 Å². The van der Waals surface area contributed by atoms with Crippen molar-refractivity contribution in [1.82, 2.24) is 24.6 Å². The Hall–Kier alpha value is -3.04. The largest absolute Gasteiger partial charge is 0.477 e. The third-order valence-corrected chi connectivity index (χ3v) is 7.31. The molecule has 4 heterocycles. The first-order valence-corrected chi connectivity index (χ1v) is 11.8. The highest BCUT2D eigenvalue weighted by molar-refractivity contribution is 8.00. The molecule has 0 spiro atoms. The van der Waals surface area contributed by atoms with Gasteiger partial charge in [-0.1, -0.05) is 5.16 Å². The van der Waals surface area contributed by atoms with E-state index in [9.17, 15) is 19.5 Å². The zero-order chi connectivity index (χ0) is 23.0. The van der Waals surface area contributed by atoms with Gasteiger partial charge in [0.1, 0.15) is 40.7 Å². The summed E-state index contributed by atoms with van der Waals surface area (Å²) in [5.41, 5.74) is 6.16. The van der Waals surface area contributed by atoms with E-state index in [1.165, 1.54) is 35.3 Å². The van der Waals surface area contributed by atoms with E-state index in [0.717, 1.165) is 16.3 Å². The minimum atomic E-state index is -1.21. The predicted octanol–water partition coefficient (Wildman–Crippen LogP) is 0.217. The van der Waals surface area contributed by atoms with Gasteiger partial charge in [0.25, 0.3) is 11.8 Å². The number of thioether (sulfide) groups is 1. The molecule has 168 valence electrons. The predicted molar refractivity (Wildman–Crippen MR) is 118 cm³/mol. The van der Waals surface area contributed by atoms with Gasteiger partial charge in [-0.15, -0.1) is 23.1 Å². The molecule has 4 rings (SSSR count). The Bertz CT molecular complexity index is 1160. The Kier molecular flexibility index (Phi) is 6.12. The van der Waals surface area contributed by atoms with Crippen molar-refractivity contribution in [3.8, 4) is 0 Å². The summed E-state index contributed by atoms with van der Waals surface area (Å²) in [6.07, 6.45) is 0.238. The molecule has 32 heavy (non-hydrogen) atoms. The second-order valence-corrected chi connectivity index (χ2v) is 9.67. The maximum absolute atomic E-state index is 12.8. The van der Waals surface area contributed by atoms with E-state index >= 15 is 0 Å². The molecule has 12 nitrogen and oxygen atoms in total. The molecule has 0 aromatic carbocycles. The average Bonchev–Trinajstić information content (AvgIpc) is 3.37. The molecule has 0 bridgehead atoms. The highest BCUT2D eigenvalue weighted by atomic mass is 32.2. The Labute approximate surface area is 193 Å². The number of aromatic nitrogens is 3. The Balaban J connectivity index is 1.53. The zero-order valence-electron chi connectivity index (χ0n) is 16.8. The van der Waals surface area contributed by atoms with Gasteiger partial charge < -0.3 is 21.0 Å². The smallest absolute Gasteiger partial charge is 0.352 e. The van der Waals surface area contributed by atoms with Gasteiger partial charge >= 0.3 is 5.97 Å². The van der Waals surface area contributed by atoms with Crippen LogP contribution in [0, 0.1) is 6.92 Å². The van der Waals surface area contributed by atoms with E-state index in [0.29, 0.717) is 17.2 Å². The number of carbonyl (C=O) groups excluding carboxylic acids is 2. The van der Waals surface area contributed by atoms with Crippen LogP contribution in [0.1, 0.15) is 16.5 Å². The van der Waals surface area contributed by atoms with Crippen molar-refractivity contribution in [2.45, 2.75) is 24.8 Å². The maximum Gasteiger partial charge on any atom is 0.352 e. The fourth-order valence-corrected chi connectivity index (χ4v) is 5.71. The van der Waals surface area contributed by atoms with Crippen molar-refractivity contribution in [2.24, 2.45) is 5.16 Å². The number of aliphatic carboxylic acids is 1. The first-order valence-electron chi connectivity index (χ1n) is 9.12. The summed E-state index contributed by atoms with van der Waals surface area (Å²) in [7, 11) is 1.28. The molecule has 2 amide bonds. The van der Waals surface area contributed by atoms with Crippen molar-refractivity contribution in [2.75, 3.05) is 18.6 Å². The summed E-state index contributed by atoms with van der Waals surface area (Å²) < 4.78 is 4.20. The number of hydrogen-bond acceptors (Lipinski definition) is 12. The van der Waals surface area contributed by atoms with Crippen LogP contribution in [0.4, 0.5) is 5.13 Å². The summed E-state index contributed by atoms with van der Waals surface area (Å²) in [5, 5.41) is 18.1. The van der Waals surface area contributed by atoms with Crippen molar-refractivity contribution < 1.29 is 24.3 Å². The number of oxime groups is 1. The van der Waals surface area contributed by atoms with Crippen LogP contribution in [0.5, 0.6) is 0 Å². The molecular weight excluding hydrogens is 478 g/mol. The van der Waals surface area contributed by atoms with E-state index in [-0.39, 0.29) is 28.7 Å². The molecule has 15 heteroatoms. The fraction of sp³-hybridized carbons (Fsp3) is 0.353. The Morgan fingerprint density at radius 1 is 1.44 bits per heavy atom. The average molecular weight is 496 g/mol. The number of nitrogen functional groups attached to an aromatic ring is 1. The number of carbonyl (C=O) groups is 3. The number of anilines is 1. The molecule has 0 radical (unpaired) electrons. The lowest BCUT2D eigenvalue weighted by Crippen LogP contribution is -2.71. The third kappa shape index (κ3) is 4.05. The lowest BCUT2D eigenvalue weighted by molar-refractivity contribution is -0.150. The molecule has 2 aliphatic rings. The van der Waals surface area contributed by atoms with Crippen molar-refractivity contribution in [1.29, 1.82) is 0 Å². The van der Waals surface area contributed by atoms with Gasteiger partial charge in [-0.2, -0.15) is 4.37 Å². The lowest BCUT2D eigenvalue weighted by atomic mass is 10.0. The zero-order valence-corrected chi connectivity index (χ0v) is 19.2. The number of amides is 2. The number of nitrogens with two attached hydrogens (primary N) is 1. The fourth-order valence-electron chi connectivity index (χ4n) is 3.32. The molecule has 1 fully saturated rings. The number of aryl methyl sites for hydroxylation is 1. The minimum Gasteiger partial charge on any atom is -0.477 e. The number of rotatable bonds is 7. The summed E-state index contributed by atoms with van der Waals surface area (Å²) in [6.45, 7) is 1.81. The Morgan fingerprint density at radius 2 is 2.22 bits per heavy atom. The van der Waals surface area contributed by atoms with E-state index in [4.69, 9.17) is 10.6 Å². The first kappa shape index (κ1) is 22.2. The Morgan fingerprint density at radius 3 is 2.81 bits per heavy atom. The maximum atomic E-state index is 12.8. The van der Waals surface area contributed by atoms with Gasteiger partial charge in [-0.25, -0.2) is 14.8 Å². The summed E-state index contributed by atoms with van der Waals surface area (Å²) in [5.74, 6) is -1.54. The molecule has 2 aliphatic heterocycles. The molecular formula is C17H17N7O5S3. The van der Waals surface area contributed by atoms with Gasteiger partial charge in [0.15, 0.2) is 10.8 Å². The van der Waals surface area contributed by atoms with Gasteiger partial charge in [-0.3, -0.25) is 14.5 Å². The van der Waals surface area contributed by atoms with Crippen molar-refractivity contribution >= 4 is 63.3 Å². The molecule has 0 saturated carbocycles. The van der Waals surface area contributed by atoms with Crippen LogP contribution in [-0.4, -0.2) is 72.1 Å². The lowest BCUT2D eigenvalue weighted by Gasteiger charge is -2.49. The van der Waals surface area contributed by atoms with Crippen molar-refractivity contribution in [3.63, 3.8) is 0 Å². The van der Waals surface area contributed by atoms with E-state index in [2.05, 4.69) is 24.8 Å². The molecule has 2 aromatic heterocycles. The third-order valence-electron chi connectivity index (χ3n) is 4.64.